The first-order valence-electron chi connectivity index (χ1n) is 6.45. The second kappa shape index (κ2) is 6.88. The molecule has 6 heteroatoms. The fourth-order valence-corrected chi connectivity index (χ4v) is 1.52. The van der Waals surface area contributed by atoms with Crippen LogP contribution in [0.2, 0.25) is 0 Å². The van der Waals surface area contributed by atoms with Crippen molar-refractivity contribution in [3.8, 4) is 0 Å². The Bertz CT molecular complexity index is 503. The Morgan fingerprint density at radius 1 is 1.30 bits per heavy atom. The number of nitrogens with one attached hydrogen (secondary N) is 2. The summed E-state index contributed by atoms with van der Waals surface area (Å²) < 4.78 is 13.1. The second-order valence-electron chi connectivity index (χ2n) is 5.07. The first-order chi connectivity index (χ1) is 9.31. The minimum Gasteiger partial charge on any atom is -0.398 e. The maximum absolute atomic E-state index is 13.1. The predicted molar refractivity (Wildman–Crippen MR) is 75.6 cm³/mol. The lowest BCUT2D eigenvalue weighted by atomic mass is 10.1. The van der Waals surface area contributed by atoms with Crippen LogP contribution in [0.25, 0.3) is 0 Å². The van der Waals surface area contributed by atoms with Crippen molar-refractivity contribution < 1.29 is 14.0 Å². The monoisotopic (exact) mass is 281 g/mol. The smallest absolute Gasteiger partial charge is 0.254 e. The highest BCUT2D eigenvalue weighted by atomic mass is 19.1. The lowest BCUT2D eigenvalue weighted by Gasteiger charge is -2.15. The molecule has 0 fully saturated rings. The van der Waals surface area contributed by atoms with Crippen LogP contribution in [0.1, 0.15) is 31.1 Å². The van der Waals surface area contributed by atoms with Crippen molar-refractivity contribution in [3.05, 3.63) is 29.6 Å². The van der Waals surface area contributed by atoms with Crippen molar-refractivity contribution in [3.63, 3.8) is 0 Å². The van der Waals surface area contributed by atoms with Gasteiger partial charge in [-0.05, 0) is 31.0 Å². The molecule has 0 heterocycles. The number of benzene rings is 1. The number of hydrogen-bond donors (Lipinski definition) is 3. The Hall–Kier alpha value is -2.11. The number of anilines is 1. The highest BCUT2D eigenvalue weighted by Crippen LogP contribution is 2.13. The number of nitrogen functional groups attached to an aromatic ring is 1. The van der Waals surface area contributed by atoms with Crippen LogP contribution in [0.3, 0.4) is 0 Å². The molecule has 0 saturated carbocycles. The molecular weight excluding hydrogens is 261 g/mol. The molecule has 0 aromatic heterocycles. The van der Waals surface area contributed by atoms with Gasteiger partial charge >= 0.3 is 0 Å². The van der Waals surface area contributed by atoms with Crippen molar-refractivity contribution in [2.75, 3.05) is 12.3 Å². The molecule has 1 aromatic rings. The predicted octanol–water partition coefficient (Wildman–Crippen LogP) is 1.30. The molecule has 0 aliphatic carbocycles. The minimum absolute atomic E-state index is 0.0218. The molecule has 0 saturated heterocycles. The van der Waals surface area contributed by atoms with E-state index in [4.69, 9.17) is 5.73 Å². The summed E-state index contributed by atoms with van der Waals surface area (Å²) in [6, 6.07) is 2.81. The molecule has 1 unspecified atom stereocenters. The molecule has 110 valence electrons. The molecule has 5 nitrogen and oxygen atoms in total. The van der Waals surface area contributed by atoms with E-state index in [9.17, 15) is 14.0 Å². The van der Waals surface area contributed by atoms with Crippen LogP contribution in [0.5, 0.6) is 0 Å². The van der Waals surface area contributed by atoms with E-state index in [1.54, 1.807) is 6.92 Å². The van der Waals surface area contributed by atoms with Gasteiger partial charge in [-0.25, -0.2) is 4.39 Å². The van der Waals surface area contributed by atoms with Crippen LogP contribution >= 0.6 is 0 Å². The standard InChI is InChI=1S/C14H20FN3O2/c1-8(2)7-17-13(19)9(3)18-14(20)11-6-10(15)4-5-12(11)16/h4-6,8-9H,7,16H2,1-3H3,(H,17,19)(H,18,20). The lowest BCUT2D eigenvalue weighted by Crippen LogP contribution is -2.45. The molecule has 0 aliphatic heterocycles. The van der Waals surface area contributed by atoms with Gasteiger partial charge in [0.2, 0.25) is 5.91 Å². The summed E-state index contributed by atoms with van der Waals surface area (Å²) in [5.41, 5.74) is 5.80. The molecule has 2 amide bonds. The largest absolute Gasteiger partial charge is 0.398 e. The molecule has 0 spiro atoms. The van der Waals surface area contributed by atoms with E-state index in [0.29, 0.717) is 12.5 Å². The summed E-state index contributed by atoms with van der Waals surface area (Å²) in [5.74, 6) is -1.10. The van der Waals surface area contributed by atoms with Crippen molar-refractivity contribution in [2.45, 2.75) is 26.8 Å². The average Bonchev–Trinajstić information content (AvgIpc) is 2.38. The zero-order valence-electron chi connectivity index (χ0n) is 11.9. The van der Waals surface area contributed by atoms with Crippen LogP contribution < -0.4 is 16.4 Å². The van der Waals surface area contributed by atoms with Crippen molar-refractivity contribution in [1.82, 2.24) is 10.6 Å². The summed E-state index contributed by atoms with van der Waals surface area (Å²) in [7, 11) is 0. The van der Waals surface area contributed by atoms with Gasteiger partial charge in [0.05, 0.1) is 5.56 Å². The maximum Gasteiger partial charge on any atom is 0.254 e. The third kappa shape index (κ3) is 4.53. The van der Waals surface area contributed by atoms with Gasteiger partial charge in [0.1, 0.15) is 11.9 Å². The van der Waals surface area contributed by atoms with E-state index in [-0.39, 0.29) is 17.2 Å². The van der Waals surface area contributed by atoms with E-state index in [0.717, 1.165) is 6.07 Å². The molecule has 0 bridgehead atoms. The molecule has 0 radical (unpaired) electrons. The highest BCUT2D eigenvalue weighted by molar-refractivity contribution is 6.01. The fraction of sp³-hybridized carbons (Fsp3) is 0.429. The van der Waals surface area contributed by atoms with E-state index in [1.165, 1.54) is 12.1 Å². The van der Waals surface area contributed by atoms with Crippen LogP contribution in [0.4, 0.5) is 10.1 Å². The van der Waals surface area contributed by atoms with Crippen LogP contribution in [0, 0.1) is 11.7 Å². The van der Waals surface area contributed by atoms with Gasteiger partial charge in [0, 0.05) is 12.2 Å². The van der Waals surface area contributed by atoms with Gasteiger partial charge in [-0.2, -0.15) is 0 Å². The number of carbonyl (C=O) groups is 2. The molecule has 20 heavy (non-hydrogen) atoms. The number of hydrogen-bond acceptors (Lipinski definition) is 3. The van der Waals surface area contributed by atoms with Gasteiger partial charge in [0.15, 0.2) is 0 Å². The van der Waals surface area contributed by atoms with E-state index in [2.05, 4.69) is 10.6 Å². The number of amides is 2. The minimum atomic E-state index is -0.719. The zero-order chi connectivity index (χ0) is 15.3. The molecule has 1 rings (SSSR count). The summed E-state index contributed by atoms with van der Waals surface area (Å²) in [4.78, 5) is 23.7. The Morgan fingerprint density at radius 2 is 1.95 bits per heavy atom. The summed E-state index contributed by atoms with van der Waals surface area (Å²) in [6.07, 6.45) is 0. The Morgan fingerprint density at radius 3 is 2.55 bits per heavy atom. The quantitative estimate of drug-likeness (QED) is 0.711. The van der Waals surface area contributed by atoms with Crippen molar-refractivity contribution in [1.29, 1.82) is 0 Å². The average molecular weight is 281 g/mol. The van der Waals surface area contributed by atoms with Gasteiger partial charge < -0.3 is 16.4 Å². The van der Waals surface area contributed by atoms with Crippen LogP contribution in [0.15, 0.2) is 18.2 Å². The second-order valence-corrected chi connectivity index (χ2v) is 5.07. The Labute approximate surface area is 117 Å². The van der Waals surface area contributed by atoms with E-state index >= 15 is 0 Å². The lowest BCUT2D eigenvalue weighted by molar-refractivity contribution is -0.122. The van der Waals surface area contributed by atoms with Crippen molar-refractivity contribution >= 4 is 17.5 Å². The third-order valence-corrected chi connectivity index (χ3v) is 2.69. The summed E-state index contributed by atoms with van der Waals surface area (Å²) in [5, 5.41) is 5.20. The molecular formula is C14H20FN3O2. The highest BCUT2D eigenvalue weighted by Gasteiger charge is 2.18. The topological polar surface area (TPSA) is 84.2 Å². The normalized spacial score (nSPS) is 12.1. The molecule has 4 N–H and O–H groups in total. The van der Waals surface area contributed by atoms with Crippen LogP contribution in [-0.2, 0) is 4.79 Å². The van der Waals surface area contributed by atoms with Crippen molar-refractivity contribution in [2.24, 2.45) is 5.92 Å². The first-order valence-corrected chi connectivity index (χ1v) is 6.45. The van der Waals surface area contributed by atoms with Crippen LogP contribution in [-0.4, -0.2) is 24.4 Å². The molecule has 0 aliphatic rings. The zero-order valence-corrected chi connectivity index (χ0v) is 11.9. The molecule has 1 atom stereocenters. The Kier molecular flexibility index (Phi) is 5.49. The van der Waals surface area contributed by atoms with Gasteiger partial charge in [0.25, 0.3) is 5.91 Å². The molecule has 1 aromatic carbocycles. The number of halogens is 1. The maximum atomic E-state index is 13.1. The number of rotatable bonds is 5. The summed E-state index contributed by atoms with van der Waals surface area (Å²) in [6.45, 7) is 6.03. The van der Waals surface area contributed by atoms with E-state index in [1.807, 2.05) is 13.8 Å². The Balaban J connectivity index is 2.65. The van der Waals surface area contributed by atoms with Gasteiger partial charge in [-0.3, -0.25) is 9.59 Å². The number of nitrogens with two attached hydrogens (primary N) is 1. The SMILES string of the molecule is CC(C)CNC(=O)C(C)NC(=O)c1cc(F)ccc1N. The summed E-state index contributed by atoms with van der Waals surface area (Å²) >= 11 is 0. The van der Waals surface area contributed by atoms with Gasteiger partial charge in [-0.15, -0.1) is 0 Å². The third-order valence-electron chi connectivity index (χ3n) is 2.69. The number of carbonyl (C=O) groups excluding carboxylic acids is 2. The fourth-order valence-electron chi connectivity index (χ4n) is 1.52. The van der Waals surface area contributed by atoms with E-state index < -0.39 is 17.8 Å². The van der Waals surface area contributed by atoms with Gasteiger partial charge in [-0.1, -0.05) is 13.8 Å². The first kappa shape index (κ1) is 15.9.